The first-order chi connectivity index (χ1) is 11.3. The van der Waals surface area contributed by atoms with Crippen LogP contribution in [0.5, 0.6) is 5.75 Å². The predicted octanol–water partition coefficient (Wildman–Crippen LogP) is 3.21. The lowest BCUT2D eigenvalue weighted by molar-refractivity contribution is -0.198. The molecule has 0 heterocycles. The standard InChI is InChI=1S/C17H22F3NO3/c1-24-12-8-6-11(7-9-12)15(22)10-21-16(23)13-4-2-3-5-14(13)17(18,19)20/h6-9,13-15,22H,2-5,10H2,1H3,(H,21,23). The third kappa shape index (κ3) is 4.63. The number of amides is 1. The minimum absolute atomic E-state index is 0.0113. The number of methoxy groups -OCH3 is 1. The molecule has 134 valence electrons. The van der Waals surface area contributed by atoms with Crippen molar-refractivity contribution in [1.29, 1.82) is 0 Å². The van der Waals surface area contributed by atoms with E-state index < -0.39 is 30.0 Å². The molecule has 0 aromatic heterocycles. The highest BCUT2D eigenvalue weighted by Gasteiger charge is 2.47. The van der Waals surface area contributed by atoms with Gasteiger partial charge in [0.15, 0.2) is 0 Å². The van der Waals surface area contributed by atoms with Gasteiger partial charge in [-0.15, -0.1) is 0 Å². The monoisotopic (exact) mass is 345 g/mol. The average Bonchev–Trinajstić information content (AvgIpc) is 2.58. The molecule has 4 nitrogen and oxygen atoms in total. The van der Waals surface area contributed by atoms with E-state index in [4.69, 9.17) is 4.74 Å². The Hall–Kier alpha value is -1.76. The number of aliphatic hydroxyl groups excluding tert-OH is 1. The van der Waals surface area contributed by atoms with E-state index >= 15 is 0 Å². The van der Waals surface area contributed by atoms with Crippen molar-refractivity contribution < 1.29 is 27.8 Å². The molecular weight excluding hydrogens is 323 g/mol. The molecule has 1 aromatic carbocycles. The SMILES string of the molecule is COc1ccc(C(O)CNC(=O)C2CCCCC2C(F)(F)F)cc1. The van der Waals surface area contributed by atoms with Crippen molar-refractivity contribution in [2.75, 3.05) is 13.7 Å². The third-order valence-corrected chi connectivity index (χ3v) is 4.49. The van der Waals surface area contributed by atoms with Crippen LogP contribution in [0.15, 0.2) is 24.3 Å². The molecule has 2 rings (SSSR count). The number of rotatable bonds is 5. The Morgan fingerprint density at radius 1 is 1.29 bits per heavy atom. The minimum atomic E-state index is -4.36. The molecule has 2 N–H and O–H groups in total. The van der Waals surface area contributed by atoms with Crippen molar-refractivity contribution in [2.24, 2.45) is 11.8 Å². The summed E-state index contributed by atoms with van der Waals surface area (Å²) < 4.78 is 44.1. The van der Waals surface area contributed by atoms with Gasteiger partial charge in [-0.2, -0.15) is 13.2 Å². The number of nitrogens with one attached hydrogen (secondary N) is 1. The largest absolute Gasteiger partial charge is 0.497 e. The van der Waals surface area contributed by atoms with E-state index in [1.54, 1.807) is 24.3 Å². The Balaban J connectivity index is 1.93. The second-order valence-corrected chi connectivity index (χ2v) is 6.07. The van der Waals surface area contributed by atoms with E-state index in [0.29, 0.717) is 24.2 Å². The lowest BCUT2D eigenvalue weighted by Crippen LogP contribution is -2.43. The summed E-state index contributed by atoms with van der Waals surface area (Å²) in [6.07, 6.45) is -4.02. The van der Waals surface area contributed by atoms with Crippen LogP contribution in [0.25, 0.3) is 0 Å². The molecule has 1 aliphatic rings. The van der Waals surface area contributed by atoms with Crippen LogP contribution >= 0.6 is 0 Å². The van der Waals surface area contributed by atoms with Crippen LogP contribution in [0.3, 0.4) is 0 Å². The predicted molar refractivity (Wildman–Crippen MR) is 82.5 cm³/mol. The zero-order chi connectivity index (χ0) is 17.7. The summed E-state index contributed by atoms with van der Waals surface area (Å²) in [6, 6.07) is 6.63. The minimum Gasteiger partial charge on any atom is -0.497 e. The van der Waals surface area contributed by atoms with Crippen LogP contribution in [0.4, 0.5) is 13.2 Å². The van der Waals surface area contributed by atoms with Gasteiger partial charge in [-0.1, -0.05) is 25.0 Å². The number of alkyl halides is 3. The second kappa shape index (κ2) is 7.88. The highest BCUT2D eigenvalue weighted by Crippen LogP contribution is 2.41. The van der Waals surface area contributed by atoms with Gasteiger partial charge in [-0.3, -0.25) is 4.79 Å². The fourth-order valence-corrected chi connectivity index (χ4v) is 3.11. The van der Waals surface area contributed by atoms with Gasteiger partial charge in [0.25, 0.3) is 0 Å². The van der Waals surface area contributed by atoms with Gasteiger partial charge in [0.2, 0.25) is 5.91 Å². The Morgan fingerprint density at radius 2 is 1.92 bits per heavy atom. The number of carbonyl (C=O) groups is 1. The number of hydrogen-bond acceptors (Lipinski definition) is 3. The van der Waals surface area contributed by atoms with E-state index in [9.17, 15) is 23.1 Å². The topological polar surface area (TPSA) is 58.6 Å². The third-order valence-electron chi connectivity index (χ3n) is 4.49. The molecule has 7 heteroatoms. The van der Waals surface area contributed by atoms with Gasteiger partial charge in [-0.05, 0) is 30.5 Å². The summed E-state index contributed by atoms with van der Waals surface area (Å²) in [4.78, 5) is 12.1. The van der Waals surface area contributed by atoms with Crippen LogP contribution in [0, 0.1) is 11.8 Å². The highest BCUT2D eigenvalue weighted by molar-refractivity contribution is 5.79. The fourth-order valence-electron chi connectivity index (χ4n) is 3.11. The summed E-state index contributed by atoms with van der Waals surface area (Å²) in [6.45, 7) is -0.119. The maximum absolute atomic E-state index is 13.0. The first-order valence-electron chi connectivity index (χ1n) is 7.99. The highest BCUT2D eigenvalue weighted by atomic mass is 19.4. The molecule has 0 aliphatic heterocycles. The van der Waals surface area contributed by atoms with Crippen molar-refractivity contribution in [3.8, 4) is 5.75 Å². The maximum Gasteiger partial charge on any atom is 0.392 e. The van der Waals surface area contributed by atoms with Crippen molar-refractivity contribution in [2.45, 2.75) is 38.0 Å². The zero-order valence-electron chi connectivity index (χ0n) is 13.5. The maximum atomic E-state index is 13.0. The lowest BCUT2D eigenvalue weighted by atomic mass is 9.78. The van der Waals surface area contributed by atoms with Gasteiger partial charge in [-0.25, -0.2) is 0 Å². The molecule has 0 radical (unpaired) electrons. The Labute approximate surface area is 139 Å². The number of benzene rings is 1. The average molecular weight is 345 g/mol. The quantitative estimate of drug-likeness (QED) is 0.861. The molecule has 1 amide bonds. The number of hydrogen-bond donors (Lipinski definition) is 2. The lowest BCUT2D eigenvalue weighted by Gasteiger charge is -2.32. The summed E-state index contributed by atoms with van der Waals surface area (Å²) in [5.74, 6) is -2.67. The Morgan fingerprint density at radius 3 is 2.50 bits per heavy atom. The van der Waals surface area contributed by atoms with Crippen LogP contribution in [0.2, 0.25) is 0 Å². The Kier molecular flexibility index (Phi) is 6.10. The fraction of sp³-hybridized carbons (Fsp3) is 0.588. The van der Waals surface area contributed by atoms with Crippen molar-refractivity contribution >= 4 is 5.91 Å². The van der Waals surface area contributed by atoms with E-state index in [2.05, 4.69) is 5.32 Å². The molecular formula is C17H22F3NO3. The van der Waals surface area contributed by atoms with E-state index in [1.165, 1.54) is 7.11 Å². The van der Waals surface area contributed by atoms with Crippen LogP contribution in [-0.2, 0) is 4.79 Å². The molecule has 1 fully saturated rings. The van der Waals surface area contributed by atoms with Gasteiger partial charge in [0.05, 0.1) is 19.1 Å². The number of aliphatic hydroxyl groups is 1. The molecule has 0 spiro atoms. The van der Waals surface area contributed by atoms with Crippen LogP contribution in [0.1, 0.15) is 37.4 Å². The van der Waals surface area contributed by atoms with Gasteiger partial charge < -0.3 is 15.2 Å². The first kappa shape index (κ1) is 18.6. The molecule has 1 aromatic rings. The molecule has 1 saturated carbocycles. The van der Waals surface area contributed by atoms with Crippen molar-refractivity contribution in [3.63, 3.8) is 0 Å². The van der Waals surface area contributed by atoms with E-state index in [0.717, 1.165) is 0 Å². The van der Waals surface area contributed by atoms with Gasteiger partial charge >= 0.3 is 6.18 Å². The molecule has 3 atom stereocenters. The van der Waals surface area contributed by atoms with Gasteiger partial charge in [0, 0.05) is 12.5 Å². The van der Waals surface area contributed by atoms with Crippen molar-refractivity contribution in [1.82, 2.24) is 5.32 Å². The van der Waals surface area contributed by atoms with Crippen molar-refractivity contribution in [3.05, 3.63) is 29.8 Å². The molecule has 24 heavy (non-hydrogen) atoms. The summed E-state index contributed by atoms with van der Waals surface area (Å²) >= 11 is 0. The molecule has 0 saturated heterocycles. The summed E-state index contributed by atoms with van der Waals surface area (Å²) in [7, 11) is 1.52. The zero-order valence-corrected chi connectivity index (χ0v) is 13.5. The first-order valence-corrected chi connectivity index (χ1v) is 7.99. The Bertz CT molecular complexity index is 545. The van der Waals surface area contributed by atoms with E-state index in [1.807, 2.05) is 0 Å². The molecule has 0 bridgehead atoms. The van der Waals surface area contributed by atoms with Crippen LogP contribution in [-0.4, -0.2) is 30.8 Å². The smallest absolute Gasteiger partial charge is 0.392 e. The van der Waals surface area contributed by atoms with Gasteiger partial charge in [0.1, 0.15) is 5.75 Å². The number of carbonyl (C=O) groups excluding carboxylic acids is 1. The number of halogens is 3. The van der Waals surface area contributed by atoms with Crippen LogP contribution < -0.4 is 10.1 Å². The summed E-state index contributed by atoms with van der Waals surface area (Å²) in [5, 5.41) is 12.5. The normalized spacial score (nSPS) is 22.7. The van der Waals surface area contributed by atoms with E-state index in [-0.39, 0.29) is 19.4 Å². The molecule has 3 unspecified atom stereocenters. The number of ether oxygens (including phenoxy) is 1. The summed E-state index contributed by atoms with van der Waals surface area (Å²) in [5.41, 5.74) is 0.562. The molecule has 1 aliphatic carbocycles. The second-order valence-electron chi connectivity index (χ2n) is 6.07.